The predicted molar refractivity (Wildman–Crippen MR) is 112 cm³/mol. The van der Waals surface area contributed by atoms with Gasteiger partial charge >= 0.3 is 0 Å². The van der Waals surface area contributed by atoms with Crippen molar-refractivity contribution in [1.82, 2.24) is 10.3 Å². The van der Waals surface area contributed by atoms with E-state index in [9.17, 15) is 9.59 Å². The van der Waals surface area contributed by atoms with E-state index in [1.807, 2.05) is 43.3 Å². The van der Waals surface area contributed by atoms with Crippen LogP contribution in [0.2, 0.25) is 0 Å². The third kappa shape index (κ3) is 5.90. The van der Waals surface area contributed by atoms with Gasteiger partial charge in [-0.2, -0.15) is 0 Å². The molecule has 0 fully saturated rings. The lowest BCUT2D eigenvalue weighted by atomic mass is 10.1. The molecule has 2 amide bonds. The first-order valence-corrected chi connectivity index (χ1v) is 9.31. The average molecular weight is 389 g/mol. The second-order valence-corrected chi connectivity index (χ2v) is 6.67. The van der Waals surface area contributed by atoms with Gasteiger partial charge in [0.1, 0.15) is 12.4 Å². The van der Waals surface area contributed by atoms with E-state index < -0.39 is 0 Å². The summed E-state index contributed by atoms with van der Waals surface area (Å²) in [6, 6.07) is 18.1. The van der Waals surface area contributed by atoms with Gasteiger partial charge in [-0.05, 0) is 55.0 Å². The van der Waals surface area contributed by atoms with E-state index in [2.05, 4.69) is 15.6 Å². The molecule has 0 aliphatic rings. The van der Waals surface area contributed by atoms with Gasteiger partial charge in [-0.15, -0.1) is 0 Å². The molecular formula is C23H23N3O3. The van der Waals surface area contributed by atoms with E-state index in [0.717, 1.165) is 16.9 Å². The summed E-state index contributed by atoms with van der Waals surface area (Å²) in [5.74, 6) is 0.428. The number of ether oxygens (including phenoxy) is 1. The number of pyridine rings is 1. The van der Waals surface area contributed by atoms with Crippen LogP contribution in [0.3, 0.4) is 0 Å². The maximum absolute atomic E-state index is 12.5. The van der Waals surface area contributed by atoms with Gasteiger partial charge in [0.2, 0.25) is 5.91 Å². The summed E-state index contributed by atoms with van der Waals surface area (Å²) in [6.45, 7) is 3.82. The molecule has 29 heavy (non-hydrogen) atoms. The van der Waals surface area contributed by atoms with Gasteiger partial charge in [0, 0.05) is 36.1 Å². The summed E-state index contributed by atoms with van der Waals surface area (Å²) in [6.07, 6.45) is 3.50. The number of anilines is 1. The van der Waals surface area contributed by atoms with Crippen LogP contribution in [0.4, 0.5) is 5.69 Å². The standard InChI is InChI=1S/C23H23N3O3/c1-16(25-23(28)20-5-9-21(10-6-20)26-17(2)27)19-7-11-22(12-8-19)29-15-18-4-3-13-24-14-18/h3-14,16H,15H2,1-2H3,(H,25,28)(H,26,27). The van der Waals surface area contributed by atoms with Gasteiger partial charge in [0.15, 0.2) is 0 Å². The molecule has 1 atom stereocenters. The maximum atomic E-state index is 12.5. The average Bonchev–Trinajstić information content (AvgIpc) is 2.73. The molecule has 1 heterocycles. The van der Waals surface area contributed by atoms with E-state index in [1.165, 1.54) is 6.92 Å². The number of benzene rings is 2. The van der Waals surface area contributed by atoms with Crippen molar-refractivity contribution < 1.29 is 14.3 Å². The minimum atomic E-state index is -0.177. The van der Waals surface area contributed by atoms with Crippen molar-refractivity contribution in [2.75, 3.05) is 5.32 Å². The molecule has 1 unspecified atom stereocenters. The maximum Gasteiger partial charge on any atom is 0.251 e. The Kier molecular flexibility index (Phi) is 6.58. The molecule has 2 N–H and O–H groups in total. The Hall–Kier alpha value is -3.67. The fourth-order valence-electron chi connectivity index (χ4n) is 2.77. The molecule has 0 aliphatic heterocycles. The third-order valence-electron chi connectivity index (χ3n) is 4.32. The van der Waals surface area contributed by atoms with Crippen LogP contribution < -0.4 is 15.4 Å². The zero-order chi connectivity index (χ0) is 20.6. The molecule has 0 bridgehead atoms. The van der Waals surface area contributed by atoms with Crippen LogP contribution in [0.1, 0.15) is 41.4 Å². The summed E-state index contributed by atoms with van der Waals surface area (Å²) in [5.41, 5.74) is 3.16. The molecule has 6 heteroatoms. The molecular weight excluding hydrogens is 366 g/mol. The Morgan fingerprint density at radius 3 is 2.38 bits per heavy atom. The number of nitrogens with one attached hydrogen (secondary N) is 2. The quantitative estimate of drug-likeness (QED) is 0.637. The summed E-state index contributed by atoms with van der Waals surface area (Å²) in [4.78, 5) is 27.6. The van der Waals surface area contributed by atoms with Crippen LogP contribution in [0.5, 0.6) is 5.75 Å². The van der Waals surface area contributed by atoms with Crippen LogP contribution in [0, 0.1) is 0 Å². The molecule has 3 rings (SSSR count). The summed E-state index contributed by atoms with van der Waals surface area (Å²) in [7, 11) is 0. The van der Waals surface area contributed by atoms with Crippen molar-refractivity contribution in [3.8, 4) is 5.75 Å². The Balaban J connectivity index is 1.55. The zero-order valence-electron chi connectivity index (χ0n) is 16.4. The SMILES string of the molecule is CC(=O)Nc1ccc(C(=O)NC(C)c2ccc(OCc3cccnc3)cc2)cc1. The lowest BCUT2D eigenvalue weighted by Gasteiger charge is -2.15. The second-order valence-electron chi connectivity index (χ2n) is 6.67. The highest BCUT2D eigenvalue weighted by atomic mass is 16.5. The van der Waals surface area contributed by atoms with E-state index in [4.69, 9.17) is 4.74 Å². The smallest absolute Gasteiger partial charge is 0.251 e. The van der Waals surface area contributed by atoms with Gasteiger partial charge < -0.3 is 15.4 Å². The number of hydrogen-bond donors (Lipinski definition) is 2. The zero-order valence-corrected chi connectivity index (χ0v) is 16.4. The highest BCUT2D eigenvalue weighted by Crippen LogP contribution is 2.19. The molecule has 2 aromatic carbocycles. The topological polar surface area (TPSA) is 80.3 Å². The molecule has 0 aliphatic carbocycles. The molecule has 0 radical (unpaired) electrons. The van der Waals surface area contributed by atoms with Crippen LogP contribution in [-0.4, -0.2) is 16.8 Å². The van der Waals surface area contributed by atoms with Crippen molar-refractivity contribution in [2.45, 2.75) is 26.5 Å². The Bertz CT molecular complexity index is 955. The van der Waals surface area contributed by atoms with Gasteiger partial charge in [-0.25, -0.2) is 0 Å². The molecule has 0 spiro atoms. The second kappa shape index (κ2) is 9.50. The van der Waals surface area contributed by atoms with E-state index in [-0.39, 0.29) is 17.9 Å². The normalized spacial score (nSPS) is 11.4. The van der Waals surface area contributed by atoms with Crippen LogP contribution in [0.25, 0.3) is 0 Å². The highest BCUT2D eigenvalue weighted by molar-refractivity contribution is 5.95. The Morgan fingerprint density at radius 1 is 1.03 bits per heavy atom. The molecule has 148 valence electrons. The number of rotatable bonds is 7. The van der Waals surface area contributed by atoms with Gasteiger partial charge in [0.05, 0.1) is 6.04 Å². The first-order chi connectivity index (χ1) is 14.0. The van der Waals surface area contributed by atoms with Gasteiger partial charge in [0.25, 0.3) is 5.91 Å². The van der Waals surface area contributed by atoms with E-state index >= 15 is 0 Å². The first kappa shape index (κ1) is 20.1. The lowest BCUT2D eigenvalue weighted by Crippen LogP contribution is -2.26. The number of nitrogens with zero attached hydrogens (tertiary/aromatic N) is 1. The van der Waals surface area contributed by atoms with E-state index in [1.54, 1.807) is 36.7 Å². The number of carbonyl (C=O) groups is 2. The minimum Gasteiger partial charge on any atom is -0.489 e. The predicted octanol–water partition coefficient (Wildman–Crippen LogP) is 4.11. The molecule has 0 saturated carbocycles. The number of amides is 2. The van der Waals surface area contributed by atoms with Crippen LogP contribution in [0.15, 0.2) is 73.1 Å². The fourth-order valence-corrected chi connectivity index (χ4v) is 2.77. The lowest BCUT2D eigenvalue weighted by molar-refractivity contribution is -0.114. The Morgan fingerprint density at radius 2 is 1.76 bits per heavy atom. The van der Waals surface area contributed by atoms with Gasteiger partial charge in [-0.3, -0.25) is 14.6 Å². The van der Waals surface area contributed by atoms with Crippen LogP contribution in [-0.2, 0) is 11.4 Å². The summed E-state index contributed by atoms with van der Waals surface area (Å²) < 4.78 is 5.76. The van der Waals surface area contributed by atoms with Crippen molar-refractivity contribution >= 4 is 17.5 Å². The largest absolute Gasteiger partial charge is 0.489 e. The van der Waals surface area contributed by atoms with Crippen molar-refractivity contribution in [3.05, 3.63) is 89.7 Å². The summed E-state index contributed by atoms with van der Waals surface area (Å²) >= 11 is 0. The number of hydrogen-bond acceptors (Lipinski definition) is 4. The van der Waals surface area contributed by atoms with Crippen molar-refractivity contribution in [2.24, 2.45) is 0 Å². The first-order valence-electron chi connectivity index (χ1n) is 9.31. The molecule has 3 aromatic rings. The monoisotopic (exact) mass is 389 g/mol. The highest BCUT2D eigenvalue weighted by Gasteiger charge is 2.12. The molecule has 1 aromatic heterocycles. The fraction of sp³-hybridized carbons (Fsp3) is 0.174. The third-order valence-corrected chi connectivity index (χ3v) is 4.32. The number of aromatic nitrogens is 1. The van der Waals surface area contributed by atoms with Crippen LogP contribution >= 0.6 is 0 Å². The minimum absolute atomic E-state index is 0.149. The van der Waals surface area contributed by atoms with Crippen molar-refractivity contribution in [3.63, 3.8) is 0 Å². The number of carbonyl (C=O) groups excluding carboxylic acids is 2. The van der Waals surface area contributed by atoms with Crippen molar-refractivity contribution in [1.29, 1.82) is 0 Å². The summed E-state index contributed by atoms with van der Waals surface area (Å²) in [5, 5.41) is 5.65. The molecule has 6 nitrogen and oxygen atoms in total. The van der Waals surface area contributed by atoms with E-state index in [0.29, 0.717) is 17.9 Å². The molecule has 0 saturated heterocycles. The Labute approximate surface area is 169 Å². The van der Waals surface area contributed by atoms with Gasteiger partial charge in [-0.1, -0.05) is 18.2 Å².